The molecule has 1 atom stereocenters. The lowest BCUT2D eigenvalue weighted by Crippen LogP contribution is -2.35. The average Bonchev–Trinajstić information content (AvgIpc) is 2.82. The quantitative estimate of drug-likeness (QED) is 0.165. The van der Waals surface area contributed by atoms with Gasteiger partial charge in [-0.05, 0) is 47.0 Å². The summed E-state index contributed by atoms with van der Waals surface area (Å²) in [6.07, 6.45) is 0. The first-order valence-corrected chi connectivity index (χ1v) is 9.59. The Kier molecular flexibility index (Phi) is 7.41. The predicted molar refractivity (Wildman–Crippen MR) is 121 cm³/mol. The highest BCUT2D eigenvalue weighted by molar-refractivity contribution is 5.95. The molecule has 0 saturated heterocycles. The summed E-state index contributed by atoms with van der Waals surface area (Å²) in [4.78, 5) is 18.1. The van der Waals surface area contributed by atoms with Crippen LogP contribution >= 0.6 is 0 Å². The van der Waals surface area contributed by atoms with Crippen molar-refractivity contribution >= 4 is 23.3 Å². The normalized spacial score (nSPS) is 11.5. The van der Waals surface area contributed by atoms with E-state index in [9.17, 15) is 4.79 Å². The Balaban J connectivity index is 1.98. The molecule has 3 N–H and O–H groups in total. The Hall–Kier alpha value is -4.80. The maximum absolute atomic E-state index is 11.1. The molecule has 9 nitrogen and oxygen atoms in total. The summed E-state index contributed by atoms with van der Waals surface area (Å²) >= 11 is 0. The van der Waals surface area contributed by atoms with Gasteiger partial charge in [0.1, 0.15) is 6.54 Å². The number of nitrogens with one attached hydrogen (secondary N) is 2. The first-order chi connectivity index (χ1) is 15.6. The minimum atomic E-state index is -1.08. The zero-order chi connectivity index (χ0) is 22.8. The number of aliphatic imine (C=N–C) groups is 1. The molecule has 0 fully saturated rings. The van der Waals surface area contributed by atoms with Crippen molar-refractivity contribution in [2.45, 2.75) is 6.04 Å². The number of aliphatic carboxylic acids is 1. The number of azide groups is 1. The van der Waals surface area contributed by atoms with Gasteiger partial charge in [0.05, 0.1) is 17.7 Å². The van der Waals surface area contributed by atoms with Gasteiger partial charge in [-0.25, -0.2) is 4.99 Å². The van der Waals surface area contributed by atoms with Gasteiger partial charge in [0.25, 0.3) is 0 Å². The zero-order valence-electron chi connectivity index (χ0n) is 16.9. The Morgan fingerprint density at radius 3 is 2.44 bits per heavy atom. The molecule has 0 radical (unpaired) electrons. The van der Waals surface area contributed by atoms with Crippen LogP contribution in [0, 0.1) is 11.3 Å². The summed E-state index contributed by atoms with van der Waals surface area (Å²) in [6, 6.07) is 25.0. The zero-order valence-corrected chi connectivity index (χ0v) is 16.9. The van der Waals surface area contributed by atoms with Gasteiger partial charge in [0.2, 0.25) is 0 Å². The first kappa shape index (κ1) is 21.9. The van der Waals surface area contributed by atoms with Gasteiger partial charge >= 0.3 is 5.97 Å². The molecule has 0 saturated carbocycles. The van der Waals surface area contributed by atoms with Gasteiger partial charge in [-0.1, -0.05) is 53.6 Å². The Labute approximate surface area is 184 Å². The number of carbonyl (C=O) groups is 1. The standard InChI is InChI=1S/C23H19N7O2/c24-14-16-9-11-19(12-10-16)27-23(26-15-21(31)32)28-22(17-5-2-1-3-6-17)18-7-4-8-20(13-18)29-30-25/h1-13,22H,15H2,(H,31,32)(H2,26,27,28). The number of nitriles is 1. The maximum atomic E-state index is 11.1. The highest BCUT2D eigenvalue weighted by Crippen LogP contribution is 2.26. The van der Waals surface area contributed by atoms with Gasteiger partial charge in [-0.15, -0.1) is 0 Å². The van der Waals surface area contributed by atoms with E-state index < -0.39 is 18.6 Å². The number of hydrogen-bond acceptors (Lipinski definition) is 4. The van der Waals surface area contributed by atoms with E-state index in [0.29, 0.717) is 16.9 Å². The molecule has 0 amide bonds. The highest BCUT2D eigenvalue weighted by atomic mass is 16.4. The van der Waals surface area contributed by atoms with E-state index in [-0.39, 0.29) is 5.96 Å². The van der Waals surface area contributed by atoms with Gasteiger partial charge in [-0.2, -0.15) is 5.26 Å². The van der Waals surface area contributed by atoms with E-state index >= 15 is 0 Å². The molecule has 1 unspecified atom stereocenters. The van der Waals surface area contributed by atoms with Crippen LogP contribution in [0.15, 0.2) is 89.0 Å². The number of anilines is 1. The molecule has 3 aromatic carbocycles. The van der Waals surface area contributed by atoms with Crippen LogP contribution in [0.5, 0.6) is 0 Å². The molecule has 158 valence electrons. The lowest BCUT2D eigenvalue weighted by Gasteiger charge is -2.23. The van der Waals surface area contributed by atoms with Gasteiger partial charge < -0.3 is 15.7 Å². The molecule has 0 aliphatic carbocycles. The van der Waals surface area contributed by atoms with Crippen LogP contribution < -0.4 is 10.6 Å². The molecule has 0 spiro atoms. The van der Waals surface area contributed by atoms with E-state index in [2.05, 4.69) is 31.7 Å². The van der Waals surface area contributed by atoms with Crippen molar-refractivity contribution in [3.05, 3.63) is 106 Å². The third kappa shape index (κ3) is 6.10. The molecule has 0 aromatic heterocycles. The largest absolute Gasteiger partial charge is 0.480 e. The Morgan fingerprint density at radius 2 is 1.78 bits per heavy atom. The summed E-state index contributed by atoms with van der Waals surface area (Å²) in [6.45, 7) is -0.439. The van der Waals surface area contributed by atoms with Gasteiger partial charge in [-0.3, -0.25) is 4.79 Å². The molecule has 0 aliphatic heterocycles. The van der Waals surface area contributed by atoms with Crippen molar-refractivity contribution in [2.75, 3.05) is 11.9 Å². The topological polar surface area (TPSA) is 146 Å². The van der Waals surface area contributed by atoms with Gasteiger partial charge in [0.15, 0.2) is 5.96 Å². The smallest absolute Gasteiger partial charge is 0.325 e. The number of benzene rings is 3. The van der Waals surface area contributed by atoms with Crippen LogP contribution in [0.25, 0.3) is 10.4 Å². The van der Waals surface area contributed by atoms with E-state index in [1.807, 2.05) is 36.4 Å². The number of carboxylic acids is 1. The Morgan fingerprint density at radius 1 is 1.06 bits per heavy atom. The third-order valence-corrected chi connectivity index (χ3v) is 4.43. The molecular weight excluding hydrogens is 406 g/mol. The fraction of sp³-hybridized carbons (Fsp3) is 0.0870. The lowest BCUT2D eigenvalue weighted by molar-refractivity contribution is -0.135. The summed E-state index contributed by atoms with van der Waals surface area (Å²) in [5.41, 5.74) is 12.1. The molecule has 9 heteroatoms. The van der Waals surface area contributed by atoms with Crippen molar-refractivity contribution in [1.29, 1.82) is 5.26 Å². The van der Waals surface area contributed by atoms with Gasteiger partial charge in [0, 0.05) is 16.3 Å². The number of hydrogen-bond donors (Lipinski definition) is 3. The predicted octanol–water partition coefficient (Wildman–Crippen LogP) is 4.73. The summed E-state index contributed by atoms with van der Waals surface area (Å²) in [7, 11) is 0. The van der Waals surface area contributed by atoms with E-state index in [0.717, 1.165) is 11.1 Å². The van der Waals surface area contributed by atoms with Crippen molar-refractivity contribution in [3.63, 3.8) is 0 Å². The fourth-order valence-corrected chi connectivity index (χ4v) is 2.99. The van der Waals surface area contributed by atoms with E-state index in [4.69, 9.17) is 15.9 Å². The minimum absolute atomic E-state index is 0.236. The van der Waals surface area contributed by atoms with Crippen LogP contribution in [0.4, 0.5) is 11.4 Å². The fourth-order valence-electron chi connectivity index (χ4n) is 2.99. The molecule has 3 rings (SSSR count). The van der Waals surface area contributed by atoms with Crippen LogP contribution in [0.1, 0.15) is 22.7 Å². The average molecular weight is 425 g/mol. The summed E-state index contributed by atoms with van der Waals surface area (Å²) in [5.74, 6) is -0.840. The van der Waals surface area contributed by atoms with Crippen LogP contribution in [0.3, 0.4) is 0 Å². The molecule has 0 bridgehead atoms. The van der Waals surface area contributed by atoms with Crippen molar-refractivity contribution in [2.24, 2.45) is 10.1 Å². The molecule has 32 heavy (non-hydrogen) atoms. The summed E-state index contributed by atoms with van der Waals surface area (Å²) in [5, 5.41) is 28.1. The third-order valence-electron chi connectivity index (χ3n) is 4.43. The second-order valence-electron chi connectivity index (χ2n) is 6.65. The second kappa shape index (κ2) is 10.8. The van der Waals surface area contributed by atoms with E-state index in [1.54, 1.807) is 42.5 Å². The highest BCUT2D eigenvalue weighted by Gasteiger charge is 2.17. The van der Waals surface area contributed by atoms with Crippen LogP contribution in [-0.4, -0.2) is 23.6 Å². The number of guanidine groups is 1. The molecular formula is C23H19N7O2. The first-order valence-electron chi connectivity index (χ1n) is 9.59. The number of rotatable bonds is 7. The Bertz CT molecular complexity index is 1200. The lowest BCUT2D eigenvalue weighted by atomic mass is 9.98. The monoisotopic (exact) mass is 425 g/mol. The van der Waals surface area contributed by atoms with Crippen LogP contribution in [0.2, 0.25) is 0 Å². The summed E-state index contributed by atoms with van der Waals surface area (Å²) < 4.78 is 0. The molecule has 0 aliphatic rings. The SMILES string of the molecule is N#Cc1ccc(NC(=NCC(=O)O)NC(c2ccccc2)c2cccc(N=[N+]=[N-])c2)cc1. The molecule has 3 aromatic rings. The molecule has 0 heterocycles. The van der Waals surface area contributed by atoms with Crippen molar-refractivity contribution in [3.8, 4) is 6.07 Å². The number of nitrogens with zero attached hydrogens (tertiary/aromatic N) is 5. The van der Waals surface area contributed by atoms with Crippen molar-refractivity contribution in [1.82, 2.24) is 5.32 Å². The minimum Gasteiger partial charge on any atom is -0.480 e. The van der Waals surface area contributed by atoms with Crippen molar-refractivity contribution < 1.29 is 9.90 Å². The number of carboxylic acid groups (broad SMARTS) is 1. The maximum Gasteiger partial charge on any atom is 0.325 e. The second-order valence-corrected chi connectivity index (χ2v) is 6.65. The van der Waals surface area contributed by atoms with Crippen LogP contribution in [-0.2, 0) is 4.79 Å². The van der Waals surface area contributed by atoms with E-state index in [1.165, 1.54) is 0 Å².